The van der Waals surface area contributed by atoms with Crippen molar-refractivity contribution in [2.24, 2.45) is 0 Å². The summed E-state index contributed by atoms with van der Waals surface area (Å²) >= 11 is 0. The fraction of sp³-hybridized carbons (Fsp3) is 0.462. The highest BCUT2D eigenvalue weighted by Crippen LogP contribution is 2.24. The lowest BCUT2D eigenvalue weighted by Gasteiger charge is -2.08. The molecule has 0 atom stereocenters. The number of ketones is 1. The van der Waals surface area contributed by atoms with Gasteiger partial charge in [-0.1, -0.05) is 12.1 Å². The Hall–Kier alpha value is -1.52. The van der Waals surface area contributed by atoms with Crippen molar-refractivity contribution < 1.29 is 22.7 Å². The Morgan fingerprint density at radius 2 is 2.00 bits per heavy atom. The molecule has 5 heteroatoms. The van der Waals surface area contributed by atoms with Crippen LogP contribution in [0.25, 0.3) is 0 Å². The van der Waals surface area contributed by atoms with Crippen LogP contribution in [-0.4, -0.2) is 19.1 Å². The van der Waals surface area contributed by atoms with Crippen molar-refractivity contribution in [1.29, 1.82) is 0 Å². The summed E-state index contributed by atoms with van der Waals surface area (Å²) in [6, 6.07) is 4.88. The number of rotatable bonds is 5. The minimum atomic E-state index is -4.20. The summed E-state index contributed by atoms with van der Waals surface area (Å²) in [5.74, 6) is 0.272. The zero-order valence-corrected chi connectivity index (χ0v) is 10.3. The van der Waals surface area contributed by atoms with Crippen LogP contribution in [0.15, 0.2) is 18.2 Å². The van der Waals surface area contributed by atoms with Gasteiger partial charge in [-0.25, -0.2) is 0 Å². The largest absolute Gasteiger partial charge is 0.496 e. The topological polar surface area (TPSA) is 26.3 Å². The fourth-order valence-electron chi connectivity index (χ4n) is 1.59. The third kappa shape index (κ3) is 4.39. The average molecular weight is 260 g/mol. The first-order valence-corrected chi connectivity index (χ1v) is 5.58. The van der Waals surface area contributed by atoms with Crippen molar-refractivity contribution in [2.75, 3.05) is 7.11 Å². The molecule has 1 rings (SSSR count). The molecule has 0 heterocycles. The van der Waals surface area contributed by atoms with Crippen molar-refractivity contribution in [1.82, 2.24) is 0 Å². The molecular formula is C13H15F3O2. The van der Waals surface area contributed by atoms with Crippen molar-refractivity contribution in [3.05, 3.63) is 29.3 Å². The van der Waals surface area contributed by atoms with E-state index in [0.29, 0.717) is 11.3 Å². The first kappa shape index (κ1) is 14.5. The van der Waals surface area contributed by atoms with Crippen LogP contribution in [0.5, 0.6) is 5.75 Å². The SMILES string of the molecule is COc1cc(C(=O)CCCC(F)(F)F)ccc1C. The molecule has 0 radical (unpaired) electrons. The van der Waals surface area contributed by atoms with Crippen LogP contribution < -0.4 is 4.74 Å². The second-order valence-corrected chi connectivity index (χ2v) is 4.08. The highest BCUT2D eigenvalue weighted by Gasteiger charge is 2.26. The van der Waals surface area contributed by atoms with Gasteiger partial charge in [0.05, 0.1) is 7.11 Å². The van der Waals surface area contributed by atoms with Gasteiger partial charge in [0.25, 0.3) is 0 Å². The number of carbonyl (C=O) groups is 1. The Balaban J connectivity index is 2.62. The Kier molecular flexibility index (Phi) is 4.76. The van der Waals surface area contributed by atoms with Crippen molar-refractivity contribution in [3.63, 3.8) is 0 Å². The molecule has 18 heavy (non-hydrogen) atoms. The van der Waals surface area contributed by atoms with E-state index in [1.165, 1.54) is 7.11 Å². The lowest BCUT2D eigenvalue weighted by Crippen LogP contribution is -2.08. The standard InChI is InChI=1S/C13H15F3O2/c1-9-5-6-10(8-12(9)18-2)11(17)4-3-7-13(14,15)16/h5-6,8H,3-4,7H2,1-2H3. The number of hydrogen-bond donors (Lipinski definition) is 0. The average Bonchev–Trinajstić information content (AvgIpc) is 2.27. The van der Waals surface area contributed by atoms with Crippen molar-refractivity contribution in [3.8, 4) is 5.75 Å². The molecule has 0 amide bonds. The first-order valence-electron chi connectivity index (χ1n) is 5.58. The van der Waals surface area contributed by atoms with Gasteiger partial charge in [-0.2, -0.15) is 13.2 Å². The number of benzene rings is 1. The number of halogens is 3. The van der Waals surface area contributed by atoms with Gasteiger partial charge in [0.1, 0.15) is 5.75 Å². The van der Waals surface area contributed by atoms with Gasteiger partial charge in [-0.15, -0.1) is 0 Å². The van der Waals surface area contributed by atoms with E-state index in [2.05, 4.69) is 0 Å². The van der Waals surface area contributed by atoms with Gasteiger partial charge in [-0.3, -0.25) is 4.79 Å². The number of methoxy groups -OCH3 is 1. The molecule has 0 saturated carbocycles. The molecule has 0 N–H and O–H groups in total. The summed E-state index contributed by atoms with van der Waals surface area (Å²) in [6.45, 7) is 1.83. The molecule has 1 aromatic rings. The quantitative estimate of drug-likeness (QED) is 0.750. The maximum absolute atomic E-state index is 11.9. The lowest BCUT2D eigenvalue weighted by atomic mass is 10.0. The lowest BCUT2D eigenvalue weighted by molar-refractivity contribution is -0.135. The minimum absolute atomic E-state index is 0.105. The number of aryl methyl sites for hydroxylation is 1. The van der Waals surface area contributed by atoms with Crippen LogP contribution >= 0.6 is 0 Å². The zero-order valence-electron chi connectivity index (χ0n) is 10.3. The number of hydrogen-bond acceptors (Lipinski definition) is 2. The molecule has 0 fully saturated rings. The molecule has 0 aliphatic rings. The Morgan fingerprint density at radius 1 is 1.33 bits per heavy atom. The fourth-order valence-corrected chi connectivity index (χ4v) is 1.59. The van der Waals surface area contributed by atoms with E-state index in [9.17, 15) is 18.0 Å². The van der Waals surface area contributed by atoms with Crippen LogP contribution in [0.3, 0.4) is 0 Å². The van der Waals surface area contributed by atoms with Crippen LogP contribution in [0.2, 0.25) is 0 Å². The highest BCUT2D eigenvalue weighted by molar-refractivity contribution is 5.96. The van der Waals surface area contributed by atoms with E-state index in [0.717, 1.165) is 5.56 Å². The second-order valence-electron chi connectivity index (χ2n) is 4.08. The Labute approximate surface area is 104 Å². The van der Waals surface area contributed by atoms with E-state index in [1.54, 1.807) is 18.2 Å². The van der Waals surface area contributed by atoms with Gasteiger partial charge >= 0.3 is 6.18 Å². The number of ether oxygens (including phenoxy) is 1. The van der Waals surface area contributed by atoms with Gasteiger partial charge in [0.2, 0.25) is 0 Å². The number of carbonyl (C=O) groups excluding carboxylic acids is 1. The van der Waals surface area contributed by atoms with Crippen molar-refractivity contribution in [2.45, 2.75) is 32.4 Å². The Bertz CT molecular complexity index is 425. The van der Waals surface area contributed by atoms with Gasteiger partial charge < -0.3 is 4.74 Å². The van der Waals surface area contributed by atoms with Crippen LogP contribution in [-0.2, 0) is 0 Å². The molecule has 0 unspecified atom stereocenters. The predicted octanol–water partition coefficient (Wildman–Crippen LogP) is 3.92. The zero-order chi connectivity index (χ0) is 13.8. The summed E-state index contributed by atoms with van der Waals surface area (Å²) < 4.78 is 40.9. The molecule has 0 aliphatic carbocycles. The summed E-state index contributed by atoms with van der Waals surface area (Å²) in [6.07, 6.45) is -5.42. The van der Waals surface area contributed by atoms with Crippen LogP contribution in [0.1, 0.15) is 35.2 Å². The molecule has 1 aromatic carbocycles. The minimum Gasteiger partial charge on any atom is -0.496 e. The highest BCUT2D eigenvalue weighted by atomic mass is 19.4. The third-order valence-electron chi connectivity index (χ3n) is 2.59. The van der Waals surface area contributed by atoms with Crippen molar-refractivity contribution >= 4 is 5.78 Å². The summed E-state index contributed by atoms with van der Waals surface area (Å²) in [7, 11) is 1.49. The number of Topliss-reactive ketones (excluding diaryl/α,β-unsaturated/α-hetero) is 1. The maximum Gasteiger partial charge on any atom is 0.389 e. The third-order valence-corrected chi connectivity index (χ3v) is 2.59. The Morgan fingerprint density at radius 3 is 2.56 bits per heavy atom. The maximum atomic E-state index is 11.9. The monoisotopic (exact) mass is 260 g/mol. The summed E-state index contributed by atoms with van der Waals surface area (Å²) in [5.41, 5.74) is 1.27. The molecule has 0 aromatic heterocycles. The van der Waals surface area contributed by atoms with Crippen LogP contribution in [0, 0.1) is 6.92 Å². The first-order chi connectivity index (χ1) is 8.33. The molecule has 0 aliphatic heterocycles. The number of alkyl halides is 3. The molecule has 2 nitrogen and oxygen atoms in total. The van der Waals surface area contributed by atoms with E-state index >= 15 is 0 Å². The second kappa shape index (κ2) is 5.89. The molecule has 100 valence electrons. The van der Waals surface area contributed by atoms with E-state index < -0.39 is 12.6 Å². The van der Waals surface area contributed by atoms with Gasteiger partial charge in [-0.05, 0) is 25.0 Å². The molecule has 0 bridgehead atoms. The summed E-state index contributed by atoms with van der Waals surface area (Å²) in [5, 5.41) is 0. The molecule has 0 spiro atoms. The smallest absolute Gasteiger partial charge is 0.389 e. The summed E-state index contributed by atoms with van der Waals surface area (Å²) in [4.78, 5) is 11.7. The van der Waals surface area contributed by atoms with E-state index in [1.807, 2.05) is 6.92 Å². The van der Waals surface area contributed by atoms with Gasteiger partial charge in [0.15, 0.2) is 5.78 Å². The van der Waals surface area contributed by atoms with Crippen LogP contribution in [0.4, 0.5) is 13.2 Å². The molecular weight excluding hydrogens is 245 g/mol. The molecule has 0 saturated heterocycles. The van der Waals surface area contributed by atoms with E-state index in [4.69, 9.17) is 4.74 Å². The normalized spacial score (nSPS) is 11.4. The van der Waals surface area contributed by atoms with E-state index in [-0.39, 0.29) is 18.6 Å². The predicted molar refractivity (Wildman–Crippen MR) is 62.0 cm³/mol. The van der Waals surface area contributed by atoms with Gasteiger partial charge in [0, 0.05) is 18.4 Å².